The Balaban J connectivity index is 1.22. The Hall–Kier alpha value is -4.73. The van der Waals surface area contributed by atoms with E-state index in [0.717, 1.165) is 22.6 Å². The molecule has 9 heteroatoms. The normalized spacial score (nSPS) is 13.0. The highest BCUT2D eigenvalue weighted by Gasteiger charge is 2.23. The molecule has 0 fully saturated rings. The summed E-state index contributed by atoms with van der Waals surface area (Å²) in [5.74, 6) is 0.408. The number of rotatable bonds is 14. The van der Waals surface area contributed by atoms with Crippen LogP contribution in [0.5, 0.6) is 11.5 Å². The smallest absolute Gasteiger partial charge is 0.335 e. The molecule has 0 saturated heterocycles. The van der Waals surface area contributed by atoms with Gasteiger partial charge in [0.2, 0.25) is 0 Å². The van der Waals surface area contributed by atoms with Gasteiger partial charge in [-0.2, -0.15) is 10.2 Å². The highest BCUT2D eigenvalue weighted by Crippen LogP contribution is 2.33. The molecule has 0 amide bonds. The minimum absolute atomic E-state index is 0.136. The van der Waals surface area contributed by atoms with Crippen LogP contribution >= 0.6 is 0 Å². The van der Waals surface area contributed by atoms with Gasteiger partial charge in [0.15, 0.2) is 0 Å². The fourth-order valence-corrected chi connectivity index (χ4v) is 4.24. The van der Waals surface area contributed by atoms with Crippen LogP contribution in [0.2, 0.25) is 0 Å². The molecule has 43 heavy (non-hydrogen) atoms. The van der Waals surface area contributed by atoms with Gasteiger partial charge in [0.25, 0.3) is 0 Å². The van der Waals surface area contributed by atoms with E-state index in [1.165, 1.54) is 12.1 Å². The number of aromatic carboxylic acids is 1. The SMILES string of the molecule is CC(O)COc1ccc(C(C)(C)c2ccc(OCC(O)CNc3ccc(N=Nc4ccc(C(=O)O)cc4)cc3)cc2)cc1. The zero-order valence-corrected chi connectivity index (χ0v) is 24.5. The fraction of sp³-hybridized carbons (Fsp3) is 0.265. The molecule has 0 spiro atoms. The van der Waals surface area contributed by atoms with Crippen LogP contribution in [0.25, 0.3) is 0 Å². The maximum Gasteiger partial charge on any atom is 0.335 e. The summed E-state index contributed by atoms with van der Waals surface area (Å²) in [4.78, 5) is 10.9. The quantitative estimate of drug-likeness (QED) is 0.121. The van der Waals surface area contributed by atoms with E-state index in [-0.39, 0.29) is 24.2 Å². The third-order valence-electron chi connectivity index (χ3n) is 6.89. The Morgan fingerprint density at radius 2 is 1.21 bits per heavy atom. The molecule has 0 bridgehead atoms. The third-order valence-corrected chi connectivity index (χ3v) is 6.89. The summed E-state index contributed by atoms with van der Waals surface area (Å²) in [5, 5.41) is 40.3. The van der Waals surface area contributed by atoms with Crippen LogP contribution in [0.3, 0.4) is 0 Å². The lowest BCUT2D eigenvalue weighted by molar-refractivity contribution is 0.0697. The van der Waals surface area contributed by atoms with Crippen molar-refractivity contribution in [1.82, 2.24) is 0 Å². The summed E-state index contributed by atoms with van der Waals surface area (Å²) < 4.78 is 11.4. The summed E-state index contributed by atoms with van der Waals surface area (Å²) in [7, 11) is 0. The summed E-state index contributed by atoms with van der Waals surface area (Å²) in [6.07, 6.45) is -1.24. The molecule has 0 aliphatic carbocycles. The van der Waals surface area contributed by atoms with Crippen molar-refractivity contribution in [2.75, 3.05) is 25.1 Å². The molecule has 0 heterocycles. The van der Waals surface area contributed by atoms with Crippen molar-refractivity contribution >= 4 is 23.0 Å². The van der Waals surface area contributed by atoms with Crippen molar-refractivity contribution < 1.29 is 29.6 Å². The van der Waals surface area contributed by atoms with E-state index in [9.17, 15) is 15.0 Å². The highest BCUT2D eigenvalue weighted by molar-refractivity contribution is 5.87. The molecule has 0 saturated carbocycles. The minimum atomic E-state index is -0.988. The number of hydrogen-bond acceptors (Lipinski definition) is 8. The van der Waals surface area contributed by atoms with Crippen LogP contribution < -0.4 is 14.8 Å². The summed E-state index contributed by atoms with van der Waals surface area (Å²) >= 11 is 0. The molecule has 2 unspecified atom stereocenters. The first-order valence-corrected chi connectivity index (χ1v) is 14.0. The van der Waals surface area contributed by atoms with Gasteiger partial charge in [-0.1, -0.05) is 38.1 Å². The van der Waals surface area contributed by atoms with E-state index in [4.69, 9.17) is 14.6 Å². The maximum atomic E-state index is 10.9. The van der Waals surface area contributed by atoms with Gasteiger partial charge < -0.3 is 30.1 Å². The molecule has 0 radical (unpaired) electrons. The van der Waals surface area contributed by atoms with Gasteiger partial charge in [0.1, 0.15) is 30.8 Å². The molecule has 0 aliphatic rings. The average molecular weight is 584 g/mol. The Bertz CT molecular complexity index is 1480. The van der Waals surface area contributed by atoms with Gasteiger partial charge in [-0.15, -0.1) is 0 Å². The van der Waals surface area contributed by atoms with Gasteiger partial charge in [0.05, 0.1) is 23.0 Å². The van der Waals surface area contributed by atoms with Gasteiger partial charge in [-0.05, 0) is 90.8 Å². The van der Waals surface area contributed by atoms with E-state index in [1.807, 2.05) is 60.7 Å². The van der Waals surface area contributed by atoms with Crippen LogP contribution in [0.1, 0.15) is 42.3 Å². The van der Waals surface area contributed by atoms with Crippen LogP contribution in [0, 0.1) is 0 Å². The molecule has 9 nitrogen and oxygen atoms in total. The molecular formula is C34H37N3O6. The lowest BCUT2D eigenvalue weighted by atomic mass is 9.78. The average Bonchev–Trinajstić information content (AvgIpc) is 3.02. The van der Waals surface area contributed by atoms with Crippen LogP contribution in [0.15, 0.2) is 107 Å². The number of nitrogens with zero attached hydrogens (tertiary/aromatic N) is 2. The van der Waals surface area contributed by atoms with Crippen molar-refractivity contribution in [3.05, 3.63) is 114 Å². The predicted molar refractivity (Wildman–Crippen MR) is 166 cm³/mol. The maximum absolute atomic E-state index is 10.9. The lowest BCUT2D eigenvalue weighted by Gasteiger charge is -2.26. The van der Waals surface area contributed by atoms with E-state index in [2.05, 4.69) is 29.4 Å². The molecule has 0 aromatic heterocycles. The van der Waals surface area contributed by atoms with E-state index >= 15 is 0 Å². The zero-order valence-electron chi connectivity index (χ0n) is 24.5. The number of carboxylic acids is 1. The summed E-state index contributed by atoms with van der Waals surface area (Å²) in [6.45, 7) is 6.69. The number of nitrogens with one attached hydrogen (secondary N) is 1. The number of aliphatic hydroxyl groups excluding tert-OH is 2. The summed E-state index contributed by atoms with van der Waals surface area (Å²) in [5.41, 5.74) is 4.23. The molecule has 4 rings (SSSR count). The largest absolute Gasteiger partial charge is 0.491 e. The van der Waals surface area contributed by atoms with E-state index in [1.54, 1.807) is 31.2 Å². The van der Waals surface area contributed by atoms with Crippen molar-refractivity contribution in [2.24, 2.45) is 10.2 Å². The predicted octanol–water partition coefficient (Wildman–Crippen LogP) is 6.74. The van der Waals surface area contributed by atoms with Crippen molar-refractivity contribution in [2.45, 2.75) is 38.4 Å². The number of ether oxygens (including phenoxy) is 2. The van der Waals surface area contributed by atoms with Gasteiger partial charge in [-0.25, -0.2) is 4.79 Å². The molecule has 2 atom stereocenters. The Morgan fingerprint density at radius 3 is 1.67 bits per heavy atom. The first kappa shape index (κ1) is 31.2. The van der Waals surface area contributed by atoms with Gasteiger partial charge >= 0.3 is 5.97 Å². The Labute approximate surface area is 251 Å². The van der Waals surface area contributed by atoms with Crippen molar-refractivity contribution in [3.8, 4) is 11.5 Å². The monoisotopic (exact) mass is 583 g/mol. The number of aliphatic hydroxyl groups is 2. The number of carboxylic acid groups (broad SMARTS) is 1. The standard InChI is InChI=1S/C34H37N3O6/c1-23(38)21-42-31-16-6-25(7-17-31)34(2,3)26-8-18-32(19-9-26)43-22-30(39)20-35-27-12-14-29(15-13-27)37-36-28-10-4-24(5-11-28)33(40)41/h4-19,23,30,35,38-39H,20-22H2,1-3H3,(H,40,41). The minimum Gasteiger partial charge on any atom is -0.491 e. The number of carbonyl (C=O) groups is 1. The molecule has 4 aromatic carbocycles. The first-order chi connectivity index (χ1) is 20.6. The second-order valence-electron chi connectivity index (χ2n) is 10.8. The van der Waals surface area contributed by atoms with Crippen LogP contribution in [0.4, 0.5) is 17.1 Å². The molecule has 4 N–H and O–H groups in total. The molecule has 224 valence electrons. The number of hydrogen-bond donors (Lipinski definition) is 4. The zero-order chi connectivity index (χ0) is 30.8. The molecular weight excluding hydrogens is 546 g/mol. The second kappa shape index (κ2) is 14.4. The lowest BCUT2D eigenvalue weighted by Crippen LogP contribution is -2.26. The number of anilines is 1. The summed E-state index contributed by atoms with van der Waals surface area (Å²) in [6, 6.07) is 29.2. The first-order valence-electron chi connectivity index (χ1n) is 14.0. The van der Waals surface area contributed by atoms with Crippen molar-refractivity contribution in [3.63, 3.8) is 0 Å². The fourth-order valence-electron chi connectivity index (χ4n) is 4.24. The topological polar surface area (TPSA) is 133 Å². The molecule has 0 aliphatic heterocycles. The number of azo groups is 1. The second-order valence-corrected chi connectivity index (χ2v) is 10.8. The third kappa shape index (κ3) is 9.13. The van der Waals surface area contributed by atoms with Gasteiger partial charge in [-0.3, -0.25) is 0 Å². The molecule has 4 aromatic rings. The Morgan fingerprint density at radius 1 is 0.744 bits per heavy atom. The Kier molecular flexibility index (Phi) is 10.5. The number of benzene rings is 4. The van der Waals surface area contributed by atoms with Gasteiger partial charge in [0, 0.05) is 17.6 Å². The van der Waals surface area contributed by atoms with E-state index < -0.39 is 18.2 Å². The van der Waals surface area contributed by atoms with Crippen LogP contribution in [-0.2, 0) is 5.41 Å². The van der Waals surface area contributed by atoms with Crippen molar-refractivity contribution in [1.29, 1.82) is 0 Å². The van der Waals surface area contributed by atoms with E-state index in [0.29, 0.717) is 23.7 Å². The highest BCUT2D eigenvalue weighted by atomic mass is 16.5. The van der Waals surface area contributed by atoms with Crippen LogP contribution in [-0.4, -0.2) is 53.3 Å².